The third kappa shape index (κ3) is 6.92. The van der Waals surface area contributed by atoms with E-state index in [4.69, 9.17) is 9.47 Å². The summed E-state index contributed by atoms with van der Waals surface area (Å²) in [5.74, 6) is 1.95. The topological polar surface area (TPSA) is 127 Å². The highest BCUT2D eigenvalue weighted by atomic mass is 32.2. The average Bonchev–Trinajstić information content (AvgIpc) is 3.10. The second-order valence-corrected chi connectivity index (χ2v) is 13.8. The average molecular weight is 621 g/mol. The van der Waals surface area contributed by atoms with Crippen LogP contribution >= 0.6 is 0 Å². The van der Waals surface area contributed by atoms with Crippen LogP contribution in [0.4, 0.5) is 17.2 Å². The monoisotopic (exact) mass is 620 g/mol. The second-order valence-electron chi connectivity index (χ2n) is 12.0. The Morgan fingerprint density at radius 3 is 2.55 bits per heavy atom. The molecular formula is C32H40N6O5S. The van der Waals surface area contributed by atoms with E-state index in [2.05, 4.69) is 25.2 Å². The van der Waals surface area contributed by atoms with Gasteiger partial charge in [0.25, 0.3) is 5.91 Å². The third-order valence-corrected chi connectivity index (χ3v) is 8.15. The molecule has 234 valence electrons. The van der Waals surface area contributed by atoms with Crippen LogP contribution < -0.4 is 29.7 Å². The lowest BCUT2D eigenvalue weighted by atomic mass is 9.86. The van der Waals surface area contributed by atoms with E-state index in [9.17, 15) is 13.2 Å². The van der Waals surface area contributed by atoms with Crippen LogP contribution in [0, 0.1) is 0 Å². The molecule has 1 aliphatic rings. The number of carbonyl (C=O) groups excluding carboxylic acids is 1. The molecule has 2 aromatic heterocycles. The largest absolute Gasteiger partial charge is 0.492 e. The zero-order valence-corrected chi connectivity index (χ0v) is 26.8. The van der Waals surface area contributed by atoms with Crippen molar-refractivity contribution in [1.29, 1.82) is 0 Å². The van der Waals surface area contributed by atoms with E-state index in [0.29, 0.717) is 22.9 Å². The lowest BCUT2D eigenvalue weighted by Crippen LogP contribution is -2.28. The smallest absolute Gasteiger partial charge is 0.272 e. The summed E-state index contributed by atoms with van der Waals surface area (Å²) in [5.41, 5.74) is 2.24. The van der Waals surface area contributed by atoms with Crippen LogP contribution in [0.25, 0.3) is 10.9 Å². The standard InChI is InChI=1S/C32H40N6O5S/c1-32(2,3)22-18-24(30(42-5)25(19-22)36-44(6,40)41)35-31(39)26-17-21-9-7-10-27(29(21)37(26)4)43-23-11-13-34-28(20-23)38-15-8-12-33-14-16-38/h7,9-11,13,17-20,33,36H,8,12,14-16H2,1-6H3,(H,35,39). The van der Waals surface area contributed by atoms with Crippen LogP contribution in [-0.2, 0) is 22.5 Å². The molecule has 12 heteroatoms. The van der Waals surface area contributed by atoms with E-state index < -0.39 is 10.0 Å². The normalized spacial score (nSPS) is 14.3. The van der Waals surface area contributed by atoms with Crippen LogP contribution in [0.5, 0.6) is 17.2 Å². The number of sulfonamides is 1. The zero-order chi connectivity index (χ0) is 31.6. The van der Waals surface area contributed by atoms with Gasteiger partial charge >= 0.3 is 0 Å². The predicted molar refractivity (Wildman–Crippen MR) is 175 cm³/mol. The second kappa shape index (κ2) is 12.4. The highest BCUT2D eigenvalue weighted by molar-refractivity contribution is 7.92. The first kappa shape index (κ1) is 31.1. The van der Waals surface area contributed by atoms with Gasteiger partial charge in [-0.1, -0.05) is 32.9 Å². The minimum Gasteiger partial charge on any atom is -0.492 e. The van der Waals surface area contributed by atoms with E-state index in [1.807, 2.05) is 64.2 Å². The molecule has 3 N–H and O–H groups in total. The van der Waals surface area contributed by atoms with Crippen molar-refractivity contribution in [3.05, 3.63) is 66.0 Å². The summed E-state index contributed by atoms with van der Waals surface area (Å²) < 4.78 is 40.5. The Labute approximate surface area is 258 Å². The summed E-state index contributed by atoms with van der Waals surface area (Å²) in [6.45, 7) is 9.71. The maximum absolute atomic E-state index is 13.8. The molecule has 11 nitrogen and oxygen atoms in total. The number of carbonyl (C=O) groups is 1. The fraction of sp³-hybridized carbons (Fsp3) is 0.375. The van der Waals surface area contributed by atoms with Crippen LogP contribution in [0.2, 0.25) is 0 Å². The molecule has 5 rings (SSSR count). The molecule has 0 spiro atoms. The Morgan fingerprint density at radius 2 is 1.82 bits per heavy atom. The molecule has 1 amide bonds. The minimum absolute atomic E-state index is 0.216. The number of hydrogen-bond donors (Lipinski definition) is 3. The number of nitrogens with zero attached hydrogens (tertiary/aromatic N) is 3. The van der Waals surface area contributed by atoms with Crippen molar-refractivity contribution in [2.75, 3.05) is 54.5 Å². The van der Waals surface area contributed by atoms with E-state index >= 15 is 0 Å². The minimum atomic E-state index is -3.61. The van der Waals surface area contributed by atoms with E-state index in [-0.39, 0.29) is 22.8 Å². The fourth-order valence-corrected chi connectivity index (χ4v) is 5.91. The van der Waals surface area contributed by atoms with Crippen LogP contribution in [0.3, 0.4) is 0 Å². The molecular weight excluding hydrogens is 580 g/mol. The summed E-state index contributed by atoms with van der Waals surface area (Å²) in [7, 11) is -0.359. The molecule has 44 heavy (non-hydrogen) atoms. The molecule has 1 fully saturated rings. The molecule has 0 atom stereocenters. The molecule has 0 aliphatic carbocycles. The molecule has 1 aliphatic heterocycles. The van der Waals surface area contributed by atoms with Crippen molar-refractivity contribution in [3.8, 4) is 17.2 Å². The maximum atomic E-state index is 13.8. The number of anilines is 3. The van der Waals surface area contributed by atoms with Gasteiger partial charge in [0, 0.05) is 44.3 Å². The molecule has 4 aromatic rings. The molecule has 3 heterocycles. The zero-order valence-electron chi connectivity index (χ0n) is 26.0. The number of rotatable bonds is 8. The van der Waals surface area contributed by atoms with Gasteiger partial charge in [-0.25, -0.2) is 13.4 Å². The van der Waals surface area contributed by atoms with Gasteiger partial charge in [0.05, 0.1) is 30.3 Å². The van der Waals surface area contributed by atoms with Crippen molar-refractivity contribution in [1.82, 2.24) is 14.9 Å². The highest BCUT2D eigenvalue weighted by Crippen LogP contribution is 2.40. The number of benzene rings is 2. The first-order valence-electron chi connectivity index (χ1n) is 14.5. The van der Waals surface area contributed by atoms with Crippen LogP contribution in [0.15, 0.2) is 54.7 Å². The van der Waals surface area contributed by atoms with Crippen molar-refractivity contribution >= 4 is 44.0 Å². The first-order chi connectivity index (χ1) is 20.8. The van der Waals surface area contributed by atoms with Crippen molar-refractivity contribution in [2.24, 2.45) is 7.05 Å². The van der Waals surface area contributed by atoms with Gasteiger partial charge in [0.2, 0.25) is 10.0 Å². The number of fused-ring (bicyclic) bond motifs is 1. The number of aryl methyl sites for hydroxylation is 1. The van der Waals surface area contributed by atoms with Gasteiger partial charge in [-0.15, -0.1) is 0 Å². The van der Waals surface area contributed by atoms with Gasteiger partial charge in [-0.05, 0) is 54.3 Å². The van der Waals surface area contributed by atoms with E-state index in [0.717, 1.165) is 61.1 Å². The SMILES string of the molecule is COc1c(NC(=O)c2cc3cccc(Oc4ccnc(N5CCCNCC5)c4)c3n2C)cc(C(C)(C)C)cc1NS(C)(=O)=O. The number of aromatic nitrogens is 2. The molecule has 0 bridgehead atoms. The van der Waals surface area contributed by atoms with E-state index in [1.54, 1.807) is 22.9 Å². The Hall–Kier alpha value is -4.29. The molecule has 0 radical (unpaired) electrons. The summed E-state index contributed by atoms with van der Waals surface area (Å²) >= 11 is 0. The number of ether oxygens (including phenoxy) is 2. The maximum Gasteiger partial charge on any atom is 0.272 e. The summed E-state index contributed by atoms with van der Waals surface area (Å²) in [4.78, 5) is 20.6. The number of hydrogen-bond acceptors (Lipinski definition) is 8. The van der Waals surface area contributed by atoms with Crippen molar-refractivity contribution in [2.45, 2.75) is 32.6 Å². The Balaban J connectivity index is 1.47. The van der Waals surface area contributed by atoms with Gasteiger partial charge in [0.15, 0.2) is 11.5 Å². The predicted octanol–water partition coefficient (Wildman–Crippen LogP) is 5.10. The molecule has 0 unspecified atom stereocenters. The summed E-state index contributed by atoms with van der Waals surface area (Å²) in [6.07, 6.45) is 3.87. The number of pyridine rings is 1. The Kier molecular flexibility index (Phi) is 8.76. The first-order valence-corrected chi connectivity index (χ1v) is 16.4. The third-order valence-electron chi connectivity index (χ3n) is 7.56. The summed E-state index contributed by atoms with van der Waals surface area (Å²) in [6, 6.07) is 14.8. The molecule has 2 aromatic carbocycles. The van der Waals surface area contributed by atoms with Gasteiger partial charge in [-0.3, -0.25) is 9.52 Å². The van der Waals surface area contributed by atoms with Crippen molar-refractivity contribution in [3.63, 3.8) is 0 Å². The molecule has 0 saturated carbocycles. The summed E-state index contributed by atoms with van der Waals surface area (Å²) in [5, 5.41) is 7.20. The Morgan fingerprint density at radius 1 is 1.05 bits per heavy atom. The van der Waals surface area contributed by atoms with Gasteiger partial charge in [-0.2, -0.15) is 0 Å². The van der Waals surface area contributed by atoms with Crippen LogP contribution in [0.1, 0.15) is 43.2 Å². The fourth-order valence-electron chi connectivity index (χ4n) is 5.35. The van der Waals surface area contributed by atoms with Gasteiger partial charge in [0.1, 0.15) is 17.3 Å². The highest BCUT2D eigenvalue weighted by Gasteiger charge is 2.24. The Bertz CT molecular complexity index is 1790. The lowest BCUT2D eigenvalue weighted by molar-refractivity contribution is 0.101. The number of para-hydroxylation sites is 1. The van der Waals surface area contributed by atoms with Gasteiger partial charge < -0.3 is 29.6 Å². The van der Waals surface area contributed by atoms with Crippen LogP contribution in [-0.4, -0.2) is 63.4 Å². The van der Waals surface area contributed by atoms with E-state index in [1.165, 1.54) is 7.11 Å². The number of methoxy groups -OCH3 is 1. The lowest BCUT2D eigenvalue weighted by Gasteiger charge is -2.24. The molecule has 1 saturated heterocycles. The quantitative estimate of drug-likeness (QED) is 0.249. The number of nitrogens with one attached hydrogen (secondary N) is 3. The van der Waals surface area contributed by atoms with Crippen molar-refractivity contribution < 1.29 is 22.7 Å². The number of amides is 1.